The van der Waals surface area contributed by atoms with E-state index in [1.807, 2.05) is 4.72 Å². The number of rotatable bonds is 6. The van der Waals surface area contributed by atoms with E-state index in [1.54, 1.807) is 0 Å². The predicted octanol–water partition coefficient (Wildman–Crippen LogP) is 2.51. The van der Waals surface area contributed by atoms with E-state index in [-0.39, 0.29) is 11.3 Å². The molecular weight excluding hydrogens is 353 g/mol. The first kappa shape index (κ1) is 18.5. The summed E-state index contributed by atoms with van der Waals surface area (Å²) in [7, 11) is -3.91. The van der Waals surface area contributed by atoms with Gasteiger partial charge in [0, 0.05) is 11.6 Å². The maximum absolute atomic E-state index is 13.3. The molecule has 0 spiro atoms. The zero-order valence-corrected chi connectivity index (χ0v) is 14.1. The molecule has 0 aliphatic rings. The second kappa shape index (κ2) is 6.93. The van der Waals surface area contributed by atoms with Gasteiger partial charge in [-0.15, -0.1) is 0 Å². The van der Waals surface area contributed by atoms with E-state index in [0.29, 0.717) is 0 Å². The van der Waals surface area contributed by atoms with Crippen LogP contribution in [0.2, 0.25) is 0 Å². The first-order valence-electron chi connectivity index (χ1n) is 7.09. The fraction of sp³-hybridized carbons (Fsp3) is 0.200. The van der Waals surface area contributed by atoms with Gasteiger partial charge in [0.05, 0.1) is 10.2 Å². The number of nitrogens with one attached hydrogen (secondary N) is 1. The van der Waals surface area contributed by atoms with Gasteiger partial charge >= 0.3 is 5.69 Å². The molecule has 0 saturated heterocycles. The summed E-state index contributed by atoms with van der Waals surface area (Å²) in [4.78, 5) is 26.4. The summed E-state index contributed by atoms with van der Waals surface area (Å²) in [6.07, 6.45) is 0. The lowest BCUT2D eigenvalue weighted by Crippen LogP contribution is -2.24. The van der Waals surface area contributed by atoms with Crippen molar-refractivity contribution in [1.82, 2.24) is 4.98 Å². The summed E-state index contributed by atoms with van der Waals surface area (Å²) in [5.74, 6) is -1.89. The van der Waals surface area contributed by atoms with Gasteiger partial charge in [0.25, 0.3) is 0 Å². The summed E-state index contributed by atoms with van der Waals surface area (Å²) in [6, 6.07) is 6.88. The highest BCUT2D eigenvalue weighted by Gasteiger charge is 2.25. The van der Waals surface area contributed by atoms with E-state index in [1.165, 1.54) is 26.0 Å². The van der Waals surface area contributed by atoms with Gasteiger partial charge in [0.15, 0.2) is 0 Å². The molecule has 2 aromatic rings. The van der Waals surface area contributed by atoms with Gasteiger partial charge < -0.3 is 0 Å². The van der Waals surface area contributed by atoms with Crippen molar-refractivity contribution in [3.05, 3.63) is 63.6 Å². The summed E-state index contributed by atoms with van der Waals surface area (Å²) in [5, 5.41) is 10.2. The number of hydrogen-bond donors (Lipinski definition) is 1. The number of benzene rings is 1. The van der Waals surface area contributed by atoms with Crippen LogP contribution >= 0.6 is 0 Å². The molecule has 0 saturated carbocycles. The maximum Gasteiger partial charge on any atom is 0.312 e. The molecule has 0 bridgehead atoms. The lowest BCUT2D eigenvalue weighted by Gasteiger charge is -2.11. The van der Waals surface area contributed by atoms with Gasteiger partial charge in [-0.1, -0.05) is 12.1 Å². The van der Waals surface area contributed by atoms with Crippen LogP contribution < -0.4 is 4.72 Å². The first-order valence-corrected chi connectivity index (χ1v) is 8.64. The van der Waals surface area contributed by atoms with Crippen molar-refractivity contribution in [2.75, 3.05) is 4.72 Å². The van der Waals surface area contributed by atoms with Crippen LogP contribution in [0, 0.1) is 15.9 Å². The largest absolute Gasteiger partial charge is 0.312 e. The average Bonchev–Trinajstić information content (AvgIpc) is 2.53. The van der Waals surface area contributed by atoms with Crippen LogP contribution in [-0.2, 0) is 10.0 Å². The molecule has 2 rings (SSSR count). The Balaban J connectivity index is 2.50. The summed E-state index contributed by atoms with van der Waals surface area (Å²) in [5.41, 5.74) is -0.864. The van der Waals surface area contributed by atoms with Crippen molar-refractivity contribution in [3.8, 4) is 0 Å². The Bertz CT molecular complexity index is 944. The van der Waals surface area contributed by atoms with Crippen molar-refractivity contribution in [3.63, 3.8) is 0 Å². The van der Waals surface area contributed by atoms with Gasteiger partial charge in [-0.3, -0.25) is 19.6 Å². The molecule has 0 radical (unpaired) electrons. The number of halogens is 1. The van der Waals surface area contributed by atoms with Crippen molar-refractivity contribution >= 4 is 27.3 Å². The molecule has 1 aromatic carbocycles. The van der Waals surface area contributed by atoms with E-state index >= 15 is 0 Å². The number of anilines is 1. The number of pyridine rings is 1. The van der Waals surface area contributed by atoms with Crippen molar-refractivity contribution in [1.29, 1.82) is 0 Å². The minimum absolute atomic E-state index is 0.0148. The Kier molecular flexibility index (Phi) is 5.12. The second-order valence-electron chi connectivity index (χ2n) is 5.36. The smallest absolute Gasteiger partial charge is 0.287 e. The Morgan fingerprint density at radius 1 is 1.28 bits per heavy atom. The topological polar surface area (TPSA) is 119 Å². The number of carbonyl (C=O) groups excluding carboxylic acids is 1. The Hall–Kier alpha value is -2.88. The third kappa shape index (κ3) is 4.15. The lowest BCUT2D eigenvalue weighted by molar-refractivity contribution is -0.384. The van der Waals surface area contributed by atoms with Crippen LogP contribution in [0.4, 0.5) is 15.9 Å². The monoisotopic (exact) mass is 367 g/mol. The molecule has 0 unspecified atom stereocenters. The van der Waals surface area contributed by atoms with E-state index in [4.69, 9.17) is 0 Å². The molecule has 10 heteroatoms. The Labute approximate surface area is 142 Å². The highest BCUT2D eigenvalue weighted by molar-refractivity contribution is 7.93. The molecule has 1 N–H and O–H groups in total. The molecule has 0 amide bonds. The highest BCUT2D eigenvalue weighted by atomic mass is 32.2. The van der Waals surface area contributed by atoms with Crippen molar-refractivity contribution in [2.24, 2.45) is 0 Å². The number of nitro groups is 1. The summed E-state index contributed by atoms with van der Waals surface area (Å²) < 4.78 is 39.2. The van der Waals surface area contributed by atoms with Gasteiger partial charge in [-0.05, 0) is 32.0 Å². The number of aromatic nitrogens is 1. The molecular formula is C15H14FN3O5S. The van der Waals surface area contributed by atoms with Gasteiger partial charge in [-0.2, -0.15) is 0 Å². The van der Waals surface area contributed by atoms with Crippen LogP contribution in [0.25, 0.3) is 0 Å². The lowest BCUT2D eigenvalue weighted by atomic mass is 10.1. The molecule has 1 aromatic heterocycles. The standard InChI is InChI=1S/C15H14FN3O5S/c1-9(2)25(23,24)18-15-13(19(21)22)7-6-12(17-15)14(20)10-4-3-5-11(16)8-10/h3-9H,1-2H3,(H,17,18). The van der Waals surface area contributed by atoms with E-state index in [9.17, 15) is 27.7 Å². The van der Waals surface area contributed by atoms with Crippen molar-refractivity contribution in [2.45, 2.75) is 19.1 Å². The molecule has 25 heavy (non-hydrogen) atoms. The fourth-order valence-electron chi connectivity index (χ4n) is 1.83. The van der Waals surface area contributed by atoms with Gasteiger partial charge in [0.1, 0.15) is 11.5 Å². The number of hydrogen-bond acceptors (Lipinski definition) is 6. The summed E-state index contributed by atoms with van der Waals surface area (Å²) >= 11 is 0. The number of carbonyl (C=O) groups is 1. The number of nitrogens with zero attached hydrogens (tertiary/aromatic N) is 2. The minimum Gasteiger partial charge on any atom is -0.287 e. The molecule has 132 valence electrons. The maximum atomic E-state index is 13.3. The fourth-order valence-corrected chi connectivity index (χ4v) is 2.49. The van der Waals surface area contributed by atoms with E-state index in [2.05, 4.69) is 4.98 Å². The average molecular weight is 367 g/mol. The number of ketones is 1. The van der Waals surface area contributed by atoms with Crippen molar-refractivity contribution < 1.29 is 22.5 Å². The van der Waals surface area contributed by atoms with Crippen LogP contribution in [0.5, 0.6) is 0 Å². The zero-order valence-electron chi connectivity index (χ0n) is 13.3. The third-order valence-corrected chi connectivity index (χ3v) is 4.97. The molecule has 8 nitrogen and oxygen atoms in total. The SMILES string of the molecule is CC(C)S(=O)(=O)Nc1nc(C(=O)c2cccc(F)c2)ccc1[N+](=O)[O-]. The molecule has 0 fully saturated rings. The Morgan fingerprint density at radius 2 is 1.96 bits per heavy atom. The van der Waals surface area contributed by atoms with E-state index < -0.39 is 43.3 Å². The predicted molar refractivity (Wildman–Crippen MR) is 88.4 cm³/mol. The number of sulfonamides is 1. The highest BCUT2D eigenvalue weighted by Crippen LogP contribution is 2.25. The minimum atomic E-state index is -3.91. The molecule has 0 aliphatic heterocycles. The molecule has 1 heterocycles. The Morgan fingerprint density at radius 3 is 2.52 bits per heavy atom. The van der Waals surface area contributed by atoms with Crippen LogP contribution in [0.15, 0.2) is 36.4 Å². The molecule has 0 atom stereocenters. The van der Waals surface area contributed by atoms with Gasteiger partial charge in [-0.25, -0.2) is 17.8 Å². The zero-order chi connectivity index (χ0) is 18.8. The summed E-state index contributed by atoms with van der Waals surface area (Å²) in [6.45, 7) is 2.77. The van der Waals surface area contributed by atoms with E-state index in [0.717, 1.165) is 24.3 Å². The third-order valence-electron chi connectivity index (χ3n) is 3.25. The van der Waals surface area contributed by atoms with Crippen LogP contribution in [0.3, 0.4) is 0 Å². The molecule has 0 aliphatic carbocycles. The first-order chi connectivity index (χ1) is 11.6. The van der Waals surface area contributed by atoms with Crippen LogP contribution in [0.1, 0.15) is 29.9 Å². The van der Waals surface area contributed by atoms with Gasteiger partial charge in [0.2, 0.25) is 21.6 Å². The second-order valence-corrected chi connectivity index (χ2v) is 7.59. The quantitative estimate of drug-likeness (QED) is 0.476. The normalized spacial score (nSPS) is 11.4. The van der Waals surface area contributed by atoms with Crippen LogP contribution in [-0.4, -0.2) is 29.4 Å².